The van der Waals surface area contributed by atoms with E-state index in [4.69, 9.17) is 4.74 Å². The molecule has 3 rings (SSSR count). The molecular formula is C20H18F3N3O4. The highest BCUT2D eigenvalue weighted by Crippen LogP contribution is 2.32. The Morgan fingerprint density at radius 3 is 2.57 bits per heavy atom. The van der Waals surface area contributed by atoms with Crippen LogP contribution >= 0.6 is 0 Å². The molecule has 0 spiro atoms. The topological polar surface area (TPSA) is 87.7 Å². The van der Waals surface area contributed by atoms with E-state index < -0.39 is 35.8 Å². The summed E-state index contributed by atoms with van der Waals surface area (Å²) in [6.07, 6.45) is -5.73. The van der Waals surface area contributed by atoms with Crippen LogP contribution in [0.1, 0.15) is 22.8 Å². The van der Waals surface area contributed by atoms with Crippen molar-refractivity contribution in [3.05, 3.63) is 59.7 Å². The van der Waals surface area contributed by atoms with Crippen LogP contribution in [0.25, 0.3) is 0 Å². The van der Waals surface area contributed by atoms with Gasteiger partial charge in [-0.1, -0.05) is 18.2 Å². The zero-order valence-corrected chi connectivity index (χ0v) is 15.8. The molecule has 0 aliphatic carbocycles. The molecule has 1 unspecified atom stereocenters. The molecule has 1 saturated heterocycles. The quantitative estimate of drug-likeness (QED) is 0.721. The number of carbonyl (C=O) groups is 3. The third-order valence-electron chi connectivity index (χ3n) is 4.37. The number of nitrogens with zero attached hydrogens (tertiary/aromatic N) is 1. The lowest BCUT2D eigenvalue weighted by molar-refractivity contribution is -0.137. The van der Waals surface area contributed by atoms with E-state index in [2.05, 4.69) is 10.6 Å². The average molecular weight is 421 g/mol. The molecule has 0 saturated carbocycles. The first kappa shape index (κ1) is 21.2. The summed E-state index contributed by atoms with van der Waals surface area (Å²) < 4.78 is 44.0. The van der Waals surface area contributed by atoms with Crippen molar-refractivity contribution >= 4 is 29.3 Å². The second-order valence-electron chi connectivity index (χ2n) is 6.52. The van der Waals surface area contributed by atoms with Crippen LogP contribution in [0.2, 0.25) is 0 Å². The van der Waals surface area contributed by atoms with Gasteiger partial charge in [0.25, 0.3) is 5.91 Å². The highest BCUT2D eigenvalue weighted by molar-refractivity contribution is 6.01. The summed E-state index contributed by atoms with van der Waals surface area (Å²) in [4.78, 5) is 37.4. The molecule has 0 aromatic heterocycles. The smallest absolute Gasteiger partial charge is 0.416 e. The Morgan fingerprint density at radius 1 is 1.17 bits per heavy atom. The van der Waals surface area contributed by atoms with E-state index in [-0.39, 0.29) is 23.5 Å². The first-order chi connectivity index (χ1) is 14.2. The number of carbonyl (C=O) groups excluding carboxylic acids is 3. The van der Waals surface area contributed by atoms with Crippen LogP contribution in [0, 0.1) is 0 Å². The number of urea groups is 1. The number of alkyl halides is 3. The van der Waals surface area contributed by atoms with Gasteiger partial charge in [0, 0.05) is 18.8 Å². The number of benzene rings is 2. The normalized spacial score (nSPS) is 14.8. The van der Waals surface area contributed by atoms with Crippen LogP contribution in [0.4, 0.5) is 29.3 Å². The monoisotopic (exact) mass is 421 g/mol. The highest BCUT2D eigenvalue weighted by Gasteiger charge is 2.32. The summed E-state index contributed by atoms with van der Waals surface area (Å²) in [6.45, 7) is 1.83. The highest BCUT2D eigenvalue weighted by atomic mass is 19.4. The average Bonchev–Trinajstić information content (AvgIpc) is 3.13. The van der Waals surface area contributed by atoms with Crippen molar-refractivity contribution in [3.63, 3.8) is 0 Å². The van der Waals surface area contributed by atoms with Crippen molar-refractivity contribution in [1.29, 1.82) is 0 Å². The molecule has 158 valence electrons. The van der Waals surface area contributed by atoms with Crippen LogP contribution in [-0.2, 0) is 15.7 Å². The summed E-state index contributed by atoms with van der Waals surface area (Å²) in [7, 11) is 0. The lowest BCUT2D eigenvalue weighted by atomic mass is 10.1. The number of amides is 3. The standard InChI is InChI=1S/C20H18F3N3O4/c1-12(17(27)26-10-9-24-19(26)29)30-18(28)15-7-2-3-8-16(15)25-14-6-4-5-13(11-14)20(21,22)23/h2-8,11-12,25H,9-10H2,1H3,(H,24,29). The molecule has 2 aromatic carbocycles. The van der Waals surface area contributed by atoms with Gasteiger partial charge >= 0.3 is 18.2 Å². The first-order valence-electron chi connectivity index (χ1n) is 9.00. The van der Waals surface area contributed by atoms with Gasteiger partial charge in [-0.05, 0) is 37.3 Å². The number of hydrogen-bond donors (Lipinski definition) is 2. The van der Waals surface area contributed by atoms with E-state index in [0.29, 0.717) is 6.54 Å². The molecule has 1 aliphatic rings. The molecule has 10 heteroatoms. The Morgan fingerprint density at radius 2 is 1.90 bits per heavy atom. The summed E-state index contributed by atoms with van der Waals surface area (Å²) in [5, 5.41) is 5.25. The third kappa shape index (κ3) is 4.70. The fraction of sp³-hybridized carbons (Fsp3) is 0.250. The molecule has 1 heterocycles. The Labute approximate surface area is 169 Å². The number of para-hydroxylation sites is 1. The van der Waals surface area contributed by atoms with Gasteiger partial charge in [-0.25, -0.2) is 9.59 Å². The minimum absolute atomic E-state index is 0.0282. The van der Waals surface area contributed by atoms with Gasteiger partial charge < -0.3 is 15.4 Å². The molecule has 2 N–H and O–H groups in total. The largest absolute Gasteiger partial charge is 0.449 e. The maximum Gasteiger partial charge on any atom is 0.416 e. The fourth-order valence-corrected chi connectivity index (χ4v) is 2.87. The van der Waals surface area contributed by atoms with Gasteiger partial charge in [-0.2, -0.15) is 13.2 Å². The van der Waals surface area contributed by atoms with Crippen LogP contribution in [0.5, 0.6) is 0 Å². The van der Waals surface area contributed by atoms with Gasteiger partial charge in [0.1, 0.15) is 0 Å². The lowest BCUT2D eigenvalue weighted by Crippen LogP contribution is -2.41. The summed E-state index contributed by atoms with van der Waals surface area (Å²) in [5.74, 6) is -1.52. The number of imide groups is 1. The lowest BCUT2D eigenvalue weighted by Gasteiger charge is -2.19. The Hall–Kier alpha value is -3.56. The molecular weight excluding hydrogens is 403 g/mol. The van der Waals surface area contributed by atoms with Gasteiger partial charge in [0.15, 0.2) is 6.10 Å². The predicted molar refractivity (Wildman–Crippen MR) is 101 cm³/mol. The maximum atomic E-state index is 12.9. The molecule has 2 aromatic rings. The van der Waals surface area contributed by atoms with E-state index in [0.717, 1.165) is 17.0 Å². The van der Waals surface area contributed by atoms with E-state index >= 15 is 0 Å². The van der Waals surface area contributed by atoms with E-state index in [9.17, 15) is 27.6 Å². The molecule has 0 radical (unpaired) electrons. The molecule has 1 atom stereocenters. The zero-order chi connectivity index (χ0) is 21.9. The van der Waals surface area contributed by atoms with E-state index in [1.54, 1.807) is 12.1 Å². The SMILES string of the molecule is CC(OC(=O)c1ccccc1Nc1cccc(C(F)(F)F)c1)C(=O)N1CCNC1=O. The molecule has 1 fully saturated rings. The minimum Gasteiger partial charge on any atom is -0.449 e. The summed E-state index contributed by atoms with van der Waals surface area (Å²) in [5.41, 5.74) is -0.473. The van der Waals surface area contributed by atoms with Crippen molar-refractivity contribution in [2.45, 2.75) is 19.2 Å². The first-order valence-corrected chi connectivity index (χ1v) is 9.00. The Kier molecular flexibility index (Phi) is 5.95. The molecule has 1 aliphatic heterocycles. The van der Waals surface area contributed by atoms with Gasteiger partial charge in [-0.3, -0.25) is 9.69 Å². The third-order valence-corrected chi connectivity index (χ3v) is 4.37. The van der Waals surface area contributed by atoms with Crippen molar-refractivity contribution in [1.82, 2.24) is 10.2 Å². The number of esters is 1. The second kappa shape index (κ2) is 8.44. The number of hydrogen-bond acceptors (Lipinski definition) is 5. The maximum absolute atomic E-state index is 12.9. The number of nitrogens with one attached hydrogen (secondary N) is 2. The van der Waals surface area contributed by atoms with E-state index in [1.807, 2.05) is 0 Å². The summed E-state index contributed by atoms with van der Waals surface area (Å²) in [6, 6.07) is 10.0. The van der Waals surface area contributed by atoms with Crippen LogP contribution in [0.15, 0.2) is 48.5 Å². The summed E-state index contributed by atoms with van der Waals surface area (Å²) >= 11 is 0. The van der Waals surface area contributed by atoms with Crippen LogP contribution < -0.4 is 10.6 Å². The Balaban J connectivity index is 1.75. The van der Waals surface area contributed by atoms with Gasteiger partial charge in [0.2, 0.25) is 0 Å². The fourth-order valence-electron chi connectivity index (χ4n) is 2.87. The van der Waals surface area contributed by atoms with E-state index in [1.165, 1.54) is 31.2 Å². The predicted octanol–water partition coefficient (Wildman–Crippen LogP) is 3.55. The Bertz CT molecular complexity index is 978. The number of rotatable bonds is 5. The molecule has 30 heavy (non-hydrogen) atoms. The second-order valence-corrected chi connectivity index (χ2v) is 6.52. The number of ether oxygens (including phenoxy) is 1. The van der Waals surface area contributed by atoms with Gasteiger partial charge in [0.05, 0.1) is 16.8 Å². The molecule has 7 nitrogen and oxygen atoms in total. The van der Waals surface area contributed by atoms with Crippen molar-refractivity contribution < 1.29 is 32.3 Å². The van der Waals surface area contributed by atoms with Crippen LogP contribution in [0.3, 0.4) is 0 Å². The van der Waals surface area contributed by atoms with Crippen molar-refractivity contribution in [3.8, 4) is 0 Å². The molecule has 0 bridgehead atoms. The van der Waals surface area contributed by atoms with Crippen molar-refractivity contribution in [2.24, 2.45) is 0 Å². The van der Waals surface area contributed by atoms with Crippen molar-refractivity contribution in [2.75, 3.05) is 18.4 Å². The molecule has 3 amide bonds. The number of halogens is 3. The zero-order valence-electron chi connectivity index (χ0n) is 15.8. The van der Waals surface area contributed by atoms with Gasteiger partial charge in [-0.15, -0.1) is 0 Å². The van der Waals surface area contributed by atoms with Crippen LogP contribution in [-0.4, -0.2) is 42.0 Å². The number of anilines is 2. The minimum atomic E-state index is -4.51.